The van der Waals surface area contributed by atoms with E-state index in [9.17, 15) is 9.90 Å². The third-order valence-electron chi connectivity index (χ3n) is 2.55. The van der Waals surface area contributed by atoms with Crippen molar-refractivity contribution in [2.45, 2.75) is 32.6 Å². The van der Waals surface area contributed by atoms with Crippen molar-refractivity contribution in [2.24, 2.45) is 0 Å². The molecule has 0 saturated heterocycles. The molecule has 1 aromatic rings. The number of carbonyl (C=O) groups is 1. The first-order valence-electron chi connectivity index (χ1n) is 5.93. The van der Waals surface area contributed by atoms with Gasteiger partial charge in [0.15, 0.2) is 0 Å². The van der Waals surface area contributed by atoms with Gasteiger partial charge in [-0.05, 0) is 28.7 Å². The van der Waals surface area contributed by atoms with Crippen LogP contribution in [-0.2, 0) is 21.4 Å². The summed E-state index contributed by atoms with van der Waals surface area (Å²) in [6.07, 6.45) is 0.0947. The molecule has 1 aromatic carbocycles. The summed E-state index contributed by atoms with van der Waals surface area (Å²) < 4.78 is 4.79. The van der Waals surface area contributed by atoms with E-state index in [-0.39, 0.29) is 30.8 Å². The van der Waals surface area contributed by atoms with Crippen LogP contribution < -0.4 is 0 Å². The highest BCUT2D eigenvalue weighted by atomic mass is 16.5. The maximum absolute atomic E-state index is 11.4. The fourth-order valence-electron chi connectivity index (χ4n) is 1.59. The van der Waals surface area contributed by atoms with E-state index in [4.69, 9.17) is 9.84 Å². The monoisotopic (exact) mass is 252 g/mol. The van der Waals surface area contributed by atoms with Gasteiger partial charge in [-0.25, -0.2) is 0 Å². The van der Waals surface area contributed by atoms with Crippen molar-refractivity contribution in [3.8, 4) is 5.75 Å². The molecule has 0 fully saturated rings. The van der Waals surface area contributed by atoms with Crippen LogP contribution in [0.2, 0.25) is 0 Å². The van der Waals surface area contributed by atoms with Gasteiger partial charge in [0.1, 0.15) is 12.4 Å². The molecule has 0 aromatic heterocycles. The van der Waals surface area contributed by atoms with Gasteiger partial charge in [0.05, 0.1) is 13.0 Å². The minimum absolute atomic E-state index is 0.00375. The van der Waals surface area contributed by atoms with Crippen molar-refractivity contribution in [3.05, 3.63) is 29.3 Å². The molecule has 0 spiro atoms. The van der Waals surface area contributed by atoms with Crippen molar-refractivity contribution in [1.82, 2.24) is 0 Å². The lowest BCUT2D eigenvalue weighted by Crippen LogP contribution is -2.14. The molecule has 1 rings (SSSR count). The largest absolute Gasteiger partial charge is 0.508 e. The van der Waals surface area contributed by atoms with Gasteiger partial charge in [0.2, 0.25) is 0 Å². The lowest BCUT2D eigenvalue weighted by Gasteiger charge is -2.20. The molecule has 0 atom stereocenters. The van der Waals surface area contributed by atoms with Gasteiger partial charge in [-0.1, -0.05) is 26.8 Å². The Morgan fingerprint density at radius 3 is 2.50 bits per heavy atom. The molecule has 2 N–H and O–H groups in total. The van der Waals surface area contributed by atoms with Crippen LogP contribution in [0.4, 0.5) is 0 Å². The number of rotatable bonds is 4. The number of benzene rings is 1. The maximum Gasteiger partial charge on any atom is 0.310 e. The Morgan fingerprint density at radius 2 is 1.94 bits per heavy atom. The molecule has 0 unspecified atom stereocenters. The highest BCUT2D eigenvalue weighted by molar-refractivity contribution is 5.72. The van der Waals surface area contributed by atoms with Crippen molar-refractivity contribution >= 4 is 5.97 Å². The average Bonchev–Trinajstić information content (AvgIpc) is 2.24. The number of phenolic OH excluding ortho intramolecular Hbond substituents is 1. The van der Waals surface area contributed by atoms with Crippen LogP contribution in [0.25, 0.3) is 0 Å². The van der Waals surface area contributed by atoms with E-state index in [0.29, 0.717) is 5.56 Å². The average molecular weight is 252 g/mol. The van der Waals surface area contributed by atoms with Crippen LogP contribution >= 0.6 is 0 Å². The first kappa shape index (κ1) is 14.5. The Morgan fingerprint density at radius 1 is 1.28 bits per heavy atom. The third kappa shape index (κ3) is 4.37. The van der Waals surface area contributed by atoms with E-state index < -0.39 is 5.97 Å². The smallest absolute Gasteiger partial charge is 0.310 e. The minimum Gasteiger partial charge on any atom is -0.508 e. The molecule has 0 saturated carbocycles. The molecular formula is C14H20O4. The lowest BCUT2D eigenvalue weighted by atomic mass is 9.85. The summed E-state index contributed by atoms with van der Waals surface area (Å²) in [7, 11) is 0. The van der Waals surface area contributed by atoms with Crippen LogP contribution in [0, 0.1) is 0 Å². The third-order valence-corrected chi connectivity index (χ3v) is 2.55. The summed E-state index contributed by atoms with van der Waals surface area (Å²) >= 11 is 0. The van der Waals surface area contributed by atoms with Gasteiger partial charge in [-0.15, -0.1) is 0 Å². The maximum atomic E-state index is 11.4. The molecule has 18 heavy (non-hydrogen) atoms. The minimum atomic E-state index is -0.408. The molecule has 4 heteroatoms. The topological polar surface area (TPSA) is 66.8 Å². The zero-order valence-corrected chi connectivity index (χ0v) is 11.1. The van der Waals surface area contributed by atoms with Gasteiger partial charge in [0, 0.05) is 0 Å². The van der Waals surface area contributed by atoms with Gasteiger partial charge >= 0.3 is 5.97 Å². The van der Waals surface area contributed by atoms with E-state index >= 15 is 0 Å². The van der Waals surface area contributed by atoms with Gasteiger partial charge in [-0.3, -0.25) is 4.79 Å². The Balaban J connectivity index is 2.84. The number of ether oxygens (including phenoxy) is 1. The van der Waals surface area contributed by atoms with E-state index in [1.54, 1.807) is 12.1 Å². The fourth-order valence-corrected chi connectivity index (χ4v) is 1.59. The molecule has 0 amide bonds. The molecule has 0 bridgehead atoms. The second kappa shape index (κ2) is 5.87. The van der Waals surface area contributed by atoms with Gasteiger partial charge < -0.3 is 14.9 Å². The Kier molecular flexibility index (Phi) is 4.73. The van der Waals surface area contributed by atoms with Crippen LogP contribution in [0.5, 0.6) is 5.75 Å². The highest BCUT2D eigenvalue weighted by Crippen LogP contribution is 2.27. The lowest BCUT2D eigenvalue weighted by molar-refractivity contribution is -0.143. The Labute approximate surface area is 107 Å². The molecule has 0 aliphatic heterocycles. The molecule has 0 radical (unpaired) electrons. The molecule has 0 aliphatic carbocycles. The molecule has 0 heterocycles. The molecule has 4 nitrogen and oxygen atoms in total. The first-order valence-corrected chi connectivity index (χ1v) is 5.93. The molecule has 0 aliphatic rings. The predicted molar refractivity (Wildman–Crippen MR) is 68.6 cm³/mol. The summed E-state index contributed by atoms with van der Waals surface area (Å²) in [5, 5.41) is 18.2. The second-order valence-electron chi connectivity index (χ2n) is 5.26. The number of hydrogen-bond donors (Lipinski definition) is 2. The van der Waals surface area contributed by atoms with Crippen LogP contribution in [0.1, 0.15) is 31.9 Å². The van der Waals surface area contributed by atoms with E-state index in [1.807, 2.05) is 26.8 Å². The van der Waals surface area contributed by atoms with E-state index in [0.717, 1.165) is 5.56 Å². The highest BCUT2D eigenvalue weighted by Gasteiger charge is 2.16. The quantitative estimate of drug-likeness (QED) is 0.801. The van der Waals surface area contributed by atoms with Crippen LogP contribution in [0.3, 0.4) is 0 Å². The molecular weight excluding hydrogens is 232 g/mol. The van der Waals surface area contributed by atoms with Crippen molar-refractivity contribution in [3.63, 3.8) is 0 Å². The van der Waals surface area contributed by atoms with Gasteiger partial charge in [0.25, 0.3) is 0 Å². The van der Waals surface area contributed by atoms with Crippen molar-refractivity contribution < 1.29 is 19.7 Å². The summed E-state index contributed by atoms with van der Waals surface area (Å²) in [5.41, 5.74) is 1.58. The zero-order valence-electron chi connectivity index (χ0n) is 11.1. The standard InChI is InChI=1S/C14H20O4/c1-14(2,3)11-6-10(7-12(16)9-11)8-13(17)18-5-4-15/h6-7,9,15-16H,4-5,8H2,1-3H3. The predicted octanol–water partition coefficient (Wildman–Crippen LogP) is 1.77. The first-order chi connectivity index (χ1) is 8.32. The number of phenols is 1. The summed E-state index contributed by atoms with van der Waals surface area (Å²) in [4.78, 5) is 11.4. The summed E-state index contributed by atoms with van der Waals surface area (Å²) in [5.74, 6) is -0.262. The second-order valence-corrected chi connectivity index (χ2v) is 5.26. The number of aromatic hydroxyl groups is 1. The Bertz CT molecular complexity index is 418. The SMILES string of the molecule is CC(C)(C)c1cc(O)cc(CC(=O)OCCO)c1. The number of aliphatic hydroxyl groups excluding tert-OH is 1. The van der Waals surface area contributed by atoms with E-state index in [1.165, 1.54) is 0 Å². The summed E-state index contributed by atoms with van der Waals surface area (Å²) in [6, 6.07) is 5.14. The van der Waals surface area contributed by atoms with Gasteiger partial charge in [-0.2, -0.15) is 0 Å². The fraction of sp³-hybridized carbons (Fsp3) is 0.500. The zero-order chi connectivity index (χ0) is 13.8. The van der Waals surface area contributed by atoms with Crippen LogP contribution in [0.15, 0.2) is 18.2 Å². The van der Waals surface area contributed by atoms with Crippen molar-refractivity contribution in [2.75, 3.05) is 13.2 Å². The van der Waals surface area contributed by atoms with Crippen LogP contribution in [-0.4, -0.2) is 29.4 Å². The number of carbonyl (C=O) groups excluding carboxylic acids is 1. The number of esters is 1. The van der Waals surface area contributed by atoms with E-state index in [2.05, 4.69) is 0 Å². The summed E-state index contributed by atoms with van der Waals surface area (Å²) in [6.45, 7) is 5.93. The van der Waals surface area contributed by atoms with Crippen molar-refractivity contribution in [1.29, 1.82) is 0 Å². The molecule has 100 valence electrons. The number of hydrogen-bond acceptors (Lipinski definition) is 4. The number of aliphatic hydroxyl groups is 1. The normalized spacial score (nSPS) is 11.3. The Hall–Kier alpha value is -1.55.